The first-order chi connectivity index (χ1) is 11.6. The molecule has 0 saturated carbocycles. The third kappa shape index (κ3) is 1.98. The number of anilines is 1. The van der Waals surface area contributed by atoms with Gasteiger partial charge in [0.05, 0.1) is 11.1 Å². The molecule has 2 aromatic carbocycles. The van der Waals surface area contributed by atoms with E-state index in [9.17, 15) is 14.4 Å². The molecular formula is C19H16N2O3. The summed E-state index contributed by atoms with van der Waals surface area (Å²) in [5.41, 5.74) is 2.71. The van der Waals surface area contributed by atoms with Crippen molar-refractivity contribution in [1.82, 2.24) is 4.90 Å². The molecule has 0 spiro atoms. The molecule has 2 aliphatic heterocycles. The molecule has 120 valence electrons. The number of benzene rings is 2. The maximum Gasteiger partial charge on any atom is 0.262 e. The molecule has 4 rings (SSSR count). The van der Waals surface area contributed by atoms with Crippen molar-refractivity contribution in [3.8, 4) is 0 Å². The van der Waals surface area contributed by atoms with Gasteiger partial charge in [0.2, 0.25) is 5.91 Å². The van der Waals surface area contributed by atoms with Crippen molar-refractivity contribution in [3.05, 3.63) is 65.2 Å². The van der Waals surface area contributed by atoms with E-state index in [4.69, 9.17) is 0 Å². The second-order valence-corrected chi connectivity index (χ2v) is 6.07. The van der Waals surface area contributed by atoms with E-state index < -0.39 is 17.9 Å². The highest BCUT2D eigenvalue weighted by molar-refractivity contribution is 6.23. The standard InChI is InChI=1S/C19H16N2O3/c1-12(17(22)20-11-10-13-6-2-5-9-16(13)20)21-18(23)14-7-3-4-8-15(14)19(21)24/h2-9,12H,10-11H2,1H3. The average Bonchev–Trinajstić information content (AvgIpc) is 3.14. The van der Waals surface area contributed by atoms with Gasteiger partial charge in [0, 0.05) is 12.2 Å². The summed E-state index contributed by atoms with van der Waals surface area (Å²) in [7, 11) is 0. The lowest BCUT2D eigenvalue weighted by atomic mass is 10.1. The summed E-state index contributed by atoms with van der Waals surface area (Å²) in [6, 6.07) is 13.6. The minimum Gasteiger partial charge on any atom is -0.310 e. The monoisotopic (exact) mass is 320 g/mol. The molecule has 2 heterocycles. The average molecular weight is 320 g/mol. The summed E-state index contributed by atoms with van der Waals surface area (Å²) in [5, 5.41) is 0. The topological polar surface area (TPSA) is 57.7 Å². The van der Waals surface area contributed by atoms with Gasteiger partial charge in [-0.25, -0.2) is 0 Å². The number of imide groups is 1. The summed E-state index contributed by atoms with van der Waals surface area (Å²) in [6.07, 6.45) is 0.788. The predicted octanol–water partition coefficient (Wildman–Crippen LogP) is 2.26. The number of carbonyl (C=O) groups is 3. The number of fused-ring (bicyclic) bond motifs is 2. The largest absolute Gasteiger partial charge is 0.310 e. The number of amides is 3. The van der Waals surface area contributed by atoms with Gasteiger partial charge in [0.15, 0.2) is 0 Å². The number of para-hydroxylation sites is 1. The summed E-state index contributed by atoms with van der Waals surface area (Å²) in [4.78, 5) is 40.8. The molecular weight excluding hydrogens is 304 g/mol. The first-order valence-corrected chi connectivity index (χ1v) is 7.96. The Bertz CT molecular complexity index is 839. The Morgan fingerprint density at radius 3 is 2.21 bits per heavy atom. The van der Waals surface area contributed by atoms with Crippen LogP contribution in [0, 0.1) is 0 Å². The number of hydrogen-bond donors (Lipinski definition) is 0. The molecule has 0 N–H and O–H groups in total. The lowest BCUT2D eigenvalue weighted by Gasteiger charge is -2.27. The first kappa shape index (κ1) is 14.6. The number of rotatable bonds is 2. The zero-order chi connectivity index (χ0) is 16.8. The van der Waals surface area contributed by atoms with Gasteiger partial charge in [-0.05, 0) is 37.1 Å². The zero-order valence-corrected chi connectivity index (χ0v) is 13.2. The minimum atomic E-state index is -0.830. The highest BCUT2D eigenvalue weighted by atomic mass is 16.2. The van der Waals surface area contributed by atoms with Gasteiger partial charge in [-0.3, -0.25) is 19.3 Å². The van der Waals surface area contributed by atoms with Crippen molar-refractivity contribution < 1.29 is 14.4 Å². The molecule has 0 fully saturated rings. The van der Waals surface area contributed by atoms with Gasteiger partial charge in [-0.15, -0.1) is 0 Å². The van der Waals surface area contributed by atoms with Crippen molar-refractivity contribution >= 4 is 23.4 Å². The van der Waals surface area contributed by atoms with E-state index in [0.29, 0.717) is 17.7 Å². The molecule has 0 aromatic heterocycles. The predicted molar refractivity (Wildman–Crippen MR) is 88.9 cm³/mol. The Balaban J connectivity index is 1.64. The van der Waals surface area contributed by atoms with Crippen LogP contribution in [0.3, 0.4) is 0 Å². The quantitative estimate of drug-likeness (QED) is 0.798. The zero-order valence-electron chi connectivity index (χ0n) is 13.2. The molecule has 0 radical (unpaired) electrons. The summed E-state index contributed by atoms with van der Waals surface area (Å²) < 4.78 is 0. The van der Waals surface area contributed by atoms with Gasteiger partial charge in [0.25, 0.3) is 11.8 Å². The molecule has 24 heavy (non-hydrogen) atoms. The van der Waals surface area contributed by atoms with Crippen LogP contribution in [0.4, 0.5) is 5.69 Å². The van der Waals surface area contributed by atoms with Crippen LogP contribution in [0.5, 0.6) is 0 Å². The van der Waals surface area contributed by atoms with E-state index in [0.717, 1.165) is 22.6 Å². The lowest BCUT2D eigenvalue weighted by Crippen LogP contribution is -2.49. The fraction of sp³-hybridized carbons (Fsp3) is 0.211. The molecule has 1 atom stereocenters. The lowest BCUT2D eigenvalue weighted by molar-refractivity contribution is -0.121. The Morgan fingerprint density at radius 2 is 1.54 bits per heavy atom. The fourth-order valence-electron chi connectivity index (χ4n) is 3.46. The first-order valence-electron chi connectivity index (χ1n) is 7.96. The fourth-order valence-corrected chi connectivity index (χ4v) is 3.46. The molecule has 2 aliphatic rings. The number of nitrogens with zero attached hydrogens (tertiary/aromatic N) is 2. The van der Waals surface area contributed by atoms with Crippen LogP contribution < -0.4 is 4.90 Å². The van der Waals surface area contributed by atoms with Crippen LogP contribution in [0.25, 0.3) is 0 Å². The Kier molecular flexibility index (Phi) is 3.23. The van der Waals surface area contributed by atoms with Crippen LogP contribution in [-0.4, -0.2) is 35.2 Å². The second kappa shape index (κ2) is 5.30. The normalized spacial score (nSPS) is 17.0. The summed E-state index contributed by atoms with van der Waals surface area (Å²) in [5.74, 6) is -1.03. The molecule has 5 heteroatoms. The summed E-state index contributed by atoms with van der Waals surface area (Å²) in [6.45, 7) is 2.19. The van der Waals surface area contributed by atoms with Gasteiger partial charge in [0.1, 0.15) is 6.04 Å². The van der Waals surface area contributed by atoms with Crippen molar-refractivity contribution in [3.63, 3.8) is 0 Å². The molecule has 5 nitrogen and oxygen atoms in total. The van der Waals surface area contributed by atoms with Crippen molar-refractivity contribution in [2.75, 3.05) is 11.4 Å². The van der Waals surface area contributed by atoms with E-state index in [1.54, 1.807) is 36.1 Å². The van der Waals surface area contributed by atoms with E-state index >= 15 is 0 Å². The highest BCUT2D eigenvalue weighted by Gasteiger charge is 2.42. The maximum atomic E-state index is 12.9. The number of hydrogen-bond acceptors (Lipinski definition) is 3. The molecule has 1 unspecified atom stereocenters. The maximum absolute atomic E-state index is 12.9. The van der Waals surface area contributed by atoms with Gasteiger partial charge >= 0.3 is 0 Å². The van der Waals surface area contributed by atoms with E-state index in [2.05, 4.69) is 0 Å². The Labute approximate surface area is 139 Å². The number of carbonyl (C=O) groups excluding carboxylic acids is 3. The Hall–Kier alpha value is -2.95. The van der Waals surface area contributed by atoms with Gasteiger partial charge in [-0.1, -0.05) is 30.3 Å². The van der Waals surface area contributed by atoms with E-state index in [1.165, 1.54) is 0 Å². The Morgan fingerprint density at radius 1 is 0.958 bits per heavy atom. The van der Waals surface area contributed by atoms with Crippen molar-refractivity contribution in [2.24, 2.45) is 0 Å². The third-order valence-electron chi connectivity index (χ3n) is 4.72. The molecule has 0 aliphatic carbocycles. The van der Waals surface area contributed by atoms with Crippen LogP contribution in [-0.2, 0) is 11.2 Å². The van der Waals surface area contributed by atoms with Crippen LogP contribution in [0.2, 0.25) is 0 Å². The van der Waals surface area contributed by atoms with Crippen LogP contribution in [0.1, 0.15) is 33.2 Å². The van der Waals surface area contributed by atoms with Crippen molar-refractivity contribution in [1.29, 1.82) is 0 Å². The van der Waals surface area contributed by atoms with E-state index in [1.807, 2.05) is 24.3 Å². The molecule has 0 bridgehead atoms. The minimum absolute atomic E-state index is 0.227. The highest BCUT2D eigenvalue weighted by Crippen LogP contribution is 2.30. The smallest absolute Gasteiger partial charge is 0.262 e. The third-order valence-corrected chi connectivity index (χ3v) is 4.72. The molecule has 3 amide bonds. The summed E-state index contributed by atoms with van der Waals surface area (Å²) >= 11 is 0. The van der Waals surface area contributed by atoms with Crippen LogP contribution in [0.15, 0.2) is 48.5 Å². The van der Waals surface area contributed by atoms with Gasteiger partial charge < -0.3 is 4.90 Å². The molecule has 2 aromatic rings. The SMILES string of the molecule is CC(C(=O)N1CCc2ccccc21)N1C(=O)c2ccccc2C1=O. The molecule has 0 saturated heterocycles. The van der Waals surface area contributed by atoms with Gasteiger partial charge in [-0.2, -0.15) is 0 Å². The van der Waals surface area contributed by atoms with E-state index in [-0.39, 0.29) is 5.91 Å². The van der Waals surface area contributed by atoms with Crippen LogP contribution >= 0.6 is 0 Å². The second-order valence-electron chi connectivity index (χ2n) is 6.07. The van der Waals surface area contributed by atoms with Crippen molar-refractivity contribution in [2.45, 2.75) is 19.4 Å².